The number of benzene rings is 1. The molecule has 2 heterocycles. The van der Waals surface area contributed by atoms with E-state index in [1.807, 2.05) is 35.7 Å². The van der Waals surface area contributed by atoms with Crippen LogP contribution in [0.5, 0.6) is 0 Å². The van der Waals surface area contributed by atoms with E-state index in [0.717, 1.165) is 17.0 Å². The summed E-state index contributed by atoms with van der Waals surface area (Å²) in [5.41, 5.74) is 1.11. The van der Waals surface area contributed by atoms with Crippen molar-refractivity contribution < 1.29 is 9.32 Å². The van der Waals surface area contributed by atoms with Gasteiger partial charge >= 0.3 is 0 Å². The van der Waals surface area contributed by atoms with E-state index in [2.05, 4.69) is 24.2 Å². The van der Waals surface area contributed by atoms with Crippen LogP contribution in [0.4, 0.5) is 0 Å². The van der Waals surface area contributed by atoms with E-state index in [9.17, 15) is 0 Å². The number of hydrogen-bond acceptors (Lipinski definition) is 4. The maximum Gasteiger partial charge on any atom is 0.274 e. The zero-order chi connectivity index (χ0) is 16.4. The second-order valence-corrected chi connectivity index (χ2v) is 7.18. The smallest absolute Gasteiger partial charge is 0.274 e. The summed E-state index contributed by atoms with van der Waals surface area (Å²) in [5.74, 6) is 1.20. The van der Waals surface area contributed by atoms with Crippen LogP contribution in [0.25, 0.3) is 10.8 Å². The van der Waals surface area contributed by atoms with Crippen LogP contribution in [0, 0.1) is 0 Å². The summed E-state index contributed by atoms with van der Waals surface area (Å²) in [6.45, 7) is 2.85. The fourth-order valence-corrected chi connectivity index (χ4v) is 3.21. The van der Waals surface area contributed by atoms with Crippen LogP contribution in [0.15, 0.2) is 40.1 Å². The average molecular weight is 369 g/mol. The summed E-state index contributed by atoms with van der Waals surface area (Å²) in [6, 6.07) is 9.71. The first-order valence-electron chi connectivity index (χ1n) is 7.18. The molecule has 2 aromatic heterocycles. The molecule has 1 aromatic carbocycles. The quantitative estimate of drug-likeness (QED) is 0.742. The van der Waals surface area contributed by atoms with E-state index in [-0.39, 0.29) is 6.04 Å². The molecule has 4 nitrogen and oxygen atoms in total. The van der Waals surface area contributed by atoms with Gasteiger partial charge in [-0.05, 0) is 30.5 Å². The van der Waals surface area contributed by atoms with Gasteiger partial charge in [0, 0.05) is 5.56 Å². The molecule has 23 heavy (non-hydrogen) atoms. The van der Waals surface area contributed by atoms with Gasteiger partial charge in [-0.3, -0.25) is 0 Å². The Balaban J connectivity index is 1.72. The highest BCUT2D eigenvalue weighted by atomic mass is 35.5. The molecule has 0 aliphatic rings. The molecule has 0 amide bonds. The van der Waals surface area contributed by atoms with E-state index in [4.69, 9.17) is 27.6 Å². The number of nitrogens with zero attached hydrogens (tertiary/aromatic N) is 2. The summed E-state index contributed by atoms with van der Waals surface area (Å²) >= 11 is 13.6. The Labute approximate surface area is 148 Å². The van der Waals surface area contributed by atoms with Crippen LogP contribution >= 0.6 is 34.5 Å². The fourth-order valence-electron chi connectivity index (χ4n) is 2.24. The van der Waals surface area contributed by atoms with Gasteiger partial charge in [-0.25, -0.2) is 0 Å². The Morgan fingerprint density at radius 3 is 2.74 bits per heavy atom. The van der Waals surface area contributed by atoms with Gasteiger partial charge in [0.05, 0.1) is 22.0 Å². The molecule has 0 aliphatic heterocycles. The summed E-state index contributed by atoms with van der Waals surface area (Å²) < 4.78 is 5.81. The molecule has 0 aliphatic carbocycles. The zero-order valence-electron chi connectivity index (χ0n) is 12.7. The zero-order valence-corrected chi connectivity index (χ0v) is 15.0. The number of aromatic nitrogens is 2. The molecule has 2 atom stereocenters. The molecule has 0 spiro atoms. The molecular weight excluding hydrogens is 353 g/mol. The first kappa shape index (κ1) is 16.5. The molecule has 0 radical (unpaired) electrons. The van der Waals surface area contributed by atoms with Crippen LogP contribution < -0.4 is 4.90 Å². The van der Waals surface area contributed by atoms with Gasteiger partial charge in [0.2, 0.25) is 0 Å². The predicted molar refractivity (Wildman–Crippen MR) is 93.1 cm³/mol. The molecule has 0 bridgehead atoms. The Morgan fingerprint density at radius 2 is 2.04 bits per heavy atom. The van der Waals surface area contributed by atoms with E-state index >= 15 is 0 Å². The standard InChI is InChI=1S/C16H15Cl2N3OS/c1-10(15-19-20-16(22-15)14-4-3-7-23-14)21(2)9-11-5-6-12(17)13(18)8-11/h3-8,10H,9H2,1-2H3/p+1/t10-/m0/s1. The third kappa shape index (κ3) is 3.75. The molecule has 7 heteroatoms. The van der Waals surface area contributed by atoms with Crippen molar-refractivity contribution in [2.24, 2.45) is 0 Å². The highest BCUT2D eigenvalue weighted by Crippen LogP contribution is 2.24. The van der Waals surface area contributed by atoms with E-state index in [1.54, 1.807) is 11.3 Å². The Kier molecular flexibility index (Phi) is 5.02. The third-order valence-corrected chi connectivity index (χ3v) is 5.35. The molecule has 1 unspecified atom stereocenters. The Morgan fingerprint density at radius 1 is 1.22 bits per heavy atom. The highest BCUT2D eigenvalue weighted by molar-refractivity contribution is 7.13. The van der Waals surface area contributed by atoms with Crippen molar-refractivity contribution in [3.05, 3.63) is 57.2 Å². The highest BCUT2D eigenvalue weighted by Gasteiger charge is 2.23. The predicted octanol–water partition coefficient (Wildman–Crippen LogP) is 3.88. The molecule has 120 valence electrons. The number of nitrogens with one attached hydrogen (secondary N) is 1. The van der Waals surface area contributed by atoms with Crippen LogP contribution in [-0.4, -0.2) is 17.2 Å². The van der Waals surface area contributed by atoms with Gasteiger partial charge in [0.1, 0.15) is 6.54 Å². The van der Waals surface area contributed by atoms with Crippen LogP contribution in [0.1, 0.15) is 24.4 Å². The fraction of sp³-hybridized carbons (Fsp3) is 0.250. The minimum atomic E-state index is 0.0747. The van der Waals surface area contributed by atoms with Gasteiger partial charge in [-0.15, -0.1) is 21.5 Å². The van der Waals surface area contributed by atoms with Gasteiger partial charge in [-0.1, -0.05) is 35.3 Å². The third-order valence-electron chi connectivity index (χ3n) is 3.75. The lowest BCUT2D eigenvalue weighted by Crippen LogP contribution is -3.07. The largest absolute Gasteiger partial charge is 0.414 e. The topological polar surface area (TPSA) is 43.4 Å². The van der Waals surface area contributed by atoms with Crippen molar-refractivity contribution >= 4 is 34.5 Å². The summed E-state index contributed by atoms with van der Waals surface area (Å²) in [6.07, 6.45) is 0. The van der Waals surface area contributed by atoms with Crippen LogP contribution in [0.2, 0.25) is 10.0 Å². The lowest BCUT2D eigenvalue weighted by molar-refractivity contribution is -0.925. The summed E-state index contributed by atoms with van der Waals surface area (Å²) in [7, 11) is 2.09. The number of thiophene rings is 1. The lowest BCUT2D eigenvalue weighted by atomic mass is 10.2. The number of rotatable bonds is 5. The van der Waals surface area contributed by atoms with E-state index in [0.29, 0.717) is 21.8 Å². The molecule has 3 aromatic rings. The van der Waals surface area contributed by atoms with E-state index in [1.165, 1.54) is 4.90 Å². The molecular formula is C16H16Cl2N3OS+. The van der Waals surface area contributed by atoms with Crippen molar-refractivity contribution in [1.82, 2.24) is 10.2 Å². The first-order chi connectivity index (χ1) is 11.0. The number of quaternary nitrogens is 1. The molecule has 0 saturated carbocycles. The first-order valence-corrected chi connectivity index (χ1v) is 8.81. The molecule has 0 fully saturated rings. The SMILES string of the molecule is C[C@@H](c1nnc(-c2cccs2)o1)[NH+](C)Cc1ccc(Cl)c(Cl)c1. The Bertz CT molecular complexity index is 788. The van der Waals surface area contributed by atoms with Gasteiger partial charge in [0.25, 0.3) is 11.8 Å². The lowest BCUT2D eigenvalue weighted by Gasteiger charge is -2.19. The van der Waals surface area contributed by atoms with Crippen molar-refractivity contribution in [2.45, 2.75) is 19.5 Å². The van der Waals surface area contributed by atoms with Gasteiger partial charge < -0.3 is 9.32 Å². The van der Waals surface area contributed by atoms with Gasteiger partial charge in [-0.2, -0.15) is 0 Å². The maximum absolute atomic E-state index is 6.07. The second kappa shape index (κ2) is 7.01. The molecule has 0 saturated heterocycles. The Hall–Kier alpha value is -1.40. The van der Waals surface area contributed by atoms with E-state index < -0.39 is 0 Å². The summed E-state index contributed by atoms with van der Waals surface area (Å²) in [4.78, 5) is 2.21. The minimum absolute atomic E-state index is 0.0747. The second-order valence-electron chi connectivity index (χ2n) is 5.42. The van der Waals surface area contributed by atoms with Crippen LogP contribution in [-0.2, 0) is 6.54 Å². The molecule has 3 rings (SSSR count). The van der Waals surface area contributed by atoms with Crippen molar-refractivity contribution in [1.29, 1.82) is 0 Å². The van der Waals surface area contributed by atoms with Crippen molar-refractivity contribution in [3.63, 3.8) is 0 Å². The number of hydrogen-bond donors (Lipinski definition) is 1. The van der Waals surface area contributed by atoms with Crippen molar-refractivity contribution in [2.75, 3.05) is 7.05 Å². The van der Waals surface area contributed by atoms with Crippen molar-refractivity contribution in [3.8, 4) is 10.8 Å². The number of halogens is 2. The maximum atomic E-state index is 6.07. The monoisotopic (exact) mass is 368 g/mol. The summed E-state index contributed by atoms with van der Waals surface area (Å²) in [5, 5.41) is 11.5. The molecule has 1 N–H and O–H groups in total. The van der Waals surface area contributed by atoms with Gasteiger partial charge in [0.15, 0.2) is 6.04 Å². The normalized spacial score (nSPS) is 13.9. The minimum Gasteiger partial charge on any atom is -0.414 e. The average Bonchev–Trinajstić information content (AvgIpc) is 3.20. The van der Waals surface area contributed by atoms with Crippen LogP contribution in [0.3, 0.4) is 0 Å².